The Hall–Kier alpha value is -1.79. The van der Waals surface area contributed by atoms with Crippen LogP contribution < -0.4 is 5.73 Å². The molecule has 112 valence electrons. The quantitative estimate of drug-likeness (QED) is 0.792. The van der Waals surface area contributed by atoms with E-state index < -0.39 is 6.04 Å². The molecule has 0 aliphatic carbocycles. The van der Waals surface area contributed by atoms with Crippen molar-refractivity contribution in [2.24, 2.45) is 5.73 Å². The fraction of sp³-hybridized carbons (Fsp3) is 0.333. The first-order valence-electron chi connectivity index (χ1n) is 6.79. The maximum Gasteiger partial charge on any atom is 0.323 e. The van der Waals surface area contributed by atoms with Crippen LogP contribution in [0.5, 0.6) is 0 Å². The van der Waals surface area contributed by atoms with Gasteiger partial charge in [-0.25, -0.2) is 4.68 Å². The number of hydrogen-bond acceptors (Lipinski definition) is 5. The van der Waals surface area contributed by atoms with E-state index in [4.69, 9.17) is 10.5 Å². The lowest BCUT2D eigenvalue weighted by molar-refractivity contribution is -0.144. The van der Waals surface area contributed by atoms with Crippen LogP contribution in [0.25, 0.3) is 5.69 Å². The highest BCUT2D eigenvalue weighted by atomic mass is 32.2. The number of para-hydroxylation sites is 1. The minimum absolute atomic E-state index is 0.343. The highest BCUT2D eigenvalue weighted by molar-refractivity contribution is 7.98. The zero-order chi connectivity index (χ0) is 15.1. The average molecular weight is 305 g/mol. The predicted octanol–water partition coefficient (Wildman–Crippen LogP) is 2.00. The van der Waals surface area contributed by atoms with Gasteiger partial charge in [0.15, 0.2) is 0 Å². The predicted molar refractivity (Wildman–Crippen MR) is 84.3 cm³/mol. The summed E-state index contributed by atoms with van der Waals surface area (Å²) in [7, 11) is 0. The maximum atomic E-state index is 11.4. The Morgan fingerprint density at radius 2 is 2.19 bits per heavy atom. The van der Waals surface area contributed by atoms with Crippen LogP contribution in [0.4, 0.5) is 0 Å². The molecule has 0 saturated heterocycles. The summed E-state index contributed by atoms with van der Waals surface area (Å²) >= 11 is 1.60. The molecule has 0 aliphatic rings. The summed E-state index contributed by atoms with van der Waals surface area (Å²) in [6.07, 6.45) is 3.81. The van der Waals surface area contributed by atoms with E-state index in [1.165, 1.54) is 0 Å². The summed E-state index contributed by atoms with van der Waals surface area (Å²) < 4.78 is 6.71. The number of rotatable bonds is 7. The van der Waals surface area contributed by atoms with Gasteiger partial charge in [0.05, 0.1) is 18.5 Å². The van der Waals surface area contributed by atoms with E-state index in [-0.39, 0.29) is 5.97 Å². The van der Waals surface area contributed by atoms with Crippen LogP contribution in [0.1, 0.15) is 12.5 Å². The van der Waals surface area contributed by atoms with E-state index in [1.807, 2.05) is 47.4 Å². The third-order valence-corrected chi connectivity index (χ3v) is 3.94. The molecule has 0 saturated carbocycles. The SMILES string of the molecule is CCOC(=O)C(N)CSCc1cnn(-c2ccccc2)c1. The first kappa shape index (κ1) is 15.6. The number of thioether (sulfide) groups is 1. The van der Waals surface area contributed by atoms with E-state index in [1.54, 1.807) is 18.7 Å². The smallest absolute Gasteiger partial charge is 0.323 e. The summed E-state index contributed by atoms with van der Waals surface area (Å²) in [5.41, 5.74) is 7.87. The van der Waals surface area contributed by atoms with Crippen LogP contribution in [0.2, 0.25) is 0 Å². The molecule has 21 heavy (non-hydrogen) atoms. The van der Waals surface area contributed by atoms with E-state index in [9.17, 15) is 4.79 Å². The van der Waals surface area contributed by atoms with Crippen LogP contribution in [-0.4, -0.2) is 34.2 Å². The number of nitrogens with two attached hydrogens (primary N) is 1. The molecule has 2 aromatic rings. The third-order valence-electron chi connectivity index (χ3n) is 2.81. The maximum absolute atomic E-state index is 11.4. The molecule has 0 spiro atoms. The van der Waals surface area contributed by atoms with Crippen molar-refractivity contribution in [3.63, 3.8) is 0 Å². The minimum atomic E-state index is -0.570. The van der Waals surface area contributed by atoms with Crippen LogP contribution in [0.15, 0.2) is 42.7 Å². The summed E-state index contributed by atoms with van der Waals surface area (Å²) in [5, 5.41) is 4.33. The van der Waals surface area contributed by atoms with Crippen molar-refractivity contribution in [2.45, 2.75) is 18.7 Å². The average Bonchev–Trinajstić information content (AvgIpc) is 2.97. The molecule has 2 N–H and O–H groups in total. The van der Waals surface area contributed by atoms with Gasteiger partial charge in [-0.05, 0) is 19.1 Å². The summed E-state index contributed by atoms with van der Waals surface area (Å²) in [6, 6.07) is 9.36. The molecule has 6 heteroatoms. The van der Waals surface area contributed by atoms with Gasteiger partial charge in [0.25, 0.3) is 0 Å². The van der Waals surface area contributed by atoms with E-state index >= 15 is 0 Å². The van der Waals surface area contributed by atoms with E-state index in [2.05, 4.69) is 5.10 Å². The van der Waals surface area contributed by atoms with Gasteiger partial charge in [-0.1, -0.05) is 18.2 Å². The van der Waals surface area contributed by atoms with Crippen LogP contribution in [0.3, 0.4) is 0 Å². The van der Waals surface area contributed by atoms with Crippen LogP contribution >= 0.6 is 11.8 Å². The number of nitrogens with zero attached hydrogens (tertiary/aromatic N) is 2. The molecule has 0 fully saturated rings. The monoisotopic (exact) mass is 305 g/mol. The molecule has 5 nitrogen and oxygen atoms in total. The van der Waals surface area contributed by atoms with Crippen LogP contribution in [-0.2, 0) is 15.3 Å². The van der Waals surface area contributed by atoms with Crippen LogP contribution in [0, 0.1) is 0 Å². The Morgan fingerprint density at radius 3 is 2.90 bits per heavy atom. The lowest BCUT2D eigenvalue weighted by Crippen LogP contribution is -2.34. The number of esters is 1. The molecule has 0 bridgehead atoms. The second-order valence-electron chi connectivity index (χ2n) is 4.50. The molecular weight excluding hydrogens is 286 g/mol. The van der Waals surface area contributed by atoms with Gasteiger partial charge in [0, 0.05) is 23.3 Å². The molecule has 0 radical (unpaired) electrons. The van der Waals surface area contributed by atoms with E-state index in [0.717, 1.165) is 17.0 Å². The number of ether oxygens (including phenoxy) is 1. The molecule has 1 aromatic heterocycles. The van der Waals surface area contributed by atoms with Crippen molar-refractivity contribution in [3.05, 3.63) is 48.3 Å². The Bertz CT molecular complexity index is 571. The molecule has 1 unspecified atom stereocenters. The van der Waals surface area contributed by atoms with Gasteiger partial charge >= 0.3 is 5.97 Å². The molecular formula is C15H19N3O2S. The third kappa shape index (κ3) is 4.61. The number of benzene rings is 1. The molecule has 0 amide bonds. The van der Waals surface area contributed by atoms with Crippen molar-refractivity contribution in [1.82, 2.24) is 9.78 Å². The van der Waals surface area contributed by atoms with Crippen molar-refractivity contribution in [2.75, 3.05) is 12.4 Å². The van der Waals surface area contributed by atoms with Crippen molar-refractivity contribution in [1.29, 1.82) is 0 Å². The fourth-order valence-electron chi connectivity index (χ4n) is 1.78. The second-order valence-corrected chi connectivity index (χ2v) is 5.53. The first-order chi connectivity index (χ1) is 10.2. The Balaban J connectivity index is 1.82. The van der Waals surface area contributed by atoms with Gasteiger partial charge in [-0.15, -0.1) is 0 Å². The summed E-state index contributed by atoms with van der Waals surface area (Å²) in [5.74, 6) is 0.958. The van der Waals surface area contributed by atoms with Crippen molar-refractivity contribution in [3.8, 4) is 5.69 Å². The first-order valence-corrected chi connectivity index (χ1v) is 7.95. The number of carbonyl (C=O) groups excluding carboxylic acids is 1. The molecule has 0 aliphatic heterocycles. The summed E-state index contributed by atoms with van der Waals surface area (Å²) in [6.45, 7) is 2.14. The van der Waals surface area contributed by atoms with Crippen molar-refractivity contribution >= 4 is 17.7 Å². The van der Waals surface area contributed by atoms with Crippen molar-refractivity contribution < 1.29 is 9.53 Å². The highest BCUT2D eigenvalue weighted by Gasteiger charge is 2.14. The van der Waals surface area contributed by atoms with Gasteiger partial charge in [0.2, 0.25) is 0 Å². The normalized spacial score (nSPS) is 12.1. The number of carbonyl (C=O) groups is 1. The Morgan fingerprint density at radius 1 is 1.43 bits per heavy atom. The number of hydrogen-bond donors (Lipinski definition) is 1. The molecule has 1 heterocycles. The molecule has 1 aromatic carbocycles. The molecule has 1 atom stereocenters. The molecule has 2 rings (SSSR count). The Kier molecular flexibility index (Phi) is 5.83. The minimum Gasteiger partial charge on any atom is -0.465 e. The largest absolute Gasteiger partial charge is 0.465 e. The highest BCUT2D eigenvalue weighted by Crippen LogP contribution is 2.14. The zero-order valence-electron chi connectivity index (χ0n) is 11.9. The second kappa shape index (κ2) is 7.85. The number of aromatic nitrogens is 2. The summed E-state index contributed by atoms with van der Waals surface area (Å²) in [4.78, 5) is 11.4. The van der Waals surface area contributed by atoms with Gasteiger partial charge < -0.3 is 10.5 Å². The van der Waals surface area contributed by atoms with Gasteiger partial charge in [-0.3, -0.25) is 4.79 Å². The van der Waals surface area contributed by atoms with E-state index in [0.29, 0.717) is 12.4 Å². The zero-order valence-corrected chi connectivity index (χ0v) is 12.8. The standard InChI is InChI=1S/C15H19N3O2S/c1-2-20-15(19)14(16)11-21-10-12-8-17-18(9-12)13-6-4-3-5-7-13/h3-9,14H,2,10-11,16H2,1H3. The van der Waals surface area contributed by atoms with Gasteiger partial charge in [-0.2, -0.15) is 16.9 Å². The Labute approximate surface area is 128 Å². The fourth-order valence-corrected chi connectivity index (χ4v) is 2.67. The lowest BCUT2D eigenvalue weighted by atomic mass is 10.3. The topological polar surface area (TPSA) is 70.1 Å². The van der Waals surface area contributed by atoms with Gasteiger partial charge in [0.1, 0.15) is 6.04 Å². The lowest BCUT2D eigenvalue weighted by Gasteiger charge is -2.09.